The Morgan fingerprint density at radius 2 is 0.984 bits per heavy atom. The highest BCUT2D eigenvalue weighted by Gasteiger charge is 2.43. The minimum Gasteiger partial charge on any atom is -0.466 e. The fraction of sp³-hybridized carbons (Fsp3) is 0.822. The lowest BCUT2D eigenvalue weighted by atomic mass is 10.0. The fourth-order valence-electron chi connectivity index (χ4n) is 7.62. The Morgan fingerprint density at radius 3 is 1.41 bits per heavy atom. The molecule has 0 radical (unpaired) electrons. The van der Waals surface area contributed by atoms with Crippen LogP contribution in [-0.4, -0.2) is 147 Å². The Kier molecular flexibility index (Phi) is 29.9. The molecule has 2 atom stereocenters. The number of amides is 6. The largest absolute Gasteiger partial charge is 0.500 e. The number of carbonyl (C=O) groups is 8. The molecule has 1 rings (SSSR count). The van der Waals surface area contributed by atoms with E-state index in [1.807, 2.05) is 27.7 Å². The summed E-state index contributed by atoms with van der Waals surface area (Å²) >= 11 is 0. The van der Waals surface area contributed by atoms with Crippen molar-refractivity contribution in [2.24, 2.45) is 0 Å². The quantitative estimate of drug-likeness (QED) is 0.0340. The van der Waals surface area contributed by atoms with Crippen LogP contribution in [-0.2, 0) is 51.5 Å². The number of unbranched alkanes of at least 4 members (excludes halogenated alkanes) is 9. The summed E-state index contributed by atoms with van der Waals surface area (Å²) in [5.41, 5.74) is 0. The van der Waals surface area contributed by atoms with Gasteiger partial charge in [-0.1, -0.05) is 51.9 Å². The van der Waals surface area contributed by atoms with E-state index in [-0.39, 0.29) is 80.9 Å². The van der Waals surface area contributed by atoms with E-state index in [0.717, 1.165) is 44.9 Å². The topological polar surface area (TPSA) is 196 Å². The molecule has 1 heterocycles. The minimum absolute atomic E-state index is 0.0378. The van der Waals surface area contributed by atoms with Gasteiger partial charge in [-0.3, -0.25) is 24.0 Å². The molecule has 17 nitrogen and oxygen atoms in total. The molecular formula is C45H80N4O13Si. The van der Waals surface area contributed by atoms with Crippen molar-refractivity contribution in [3.05, 3.63) is 0 Å². The maximum atomic E-state index is 13.5. The summed E-state index contributed by atoms with van der Waals surface area (Å²) in [5, 5.41) is 0. The molecule has 63 heavy (non-hydrogen) atoms. The maximum absolute atomic E-state index is 13.5. The first kappa shape index (κ1) is 57.3. The van der Waals surface area contributed by atoms with Gasteiger partial charge in [0, 0.05) is 71.3 Å². The molecule has 0 aromatic rings. The molecule has 1 aliphatic heterocycles. The molecule has 0 N–H and O–H groups in total. The third-order valence-corrected chi connectivity index (χ3v) is 13.9. The van der Waals surface area contributed by atoms with Crippen LogP contribution in [0, 0.1) is 0 Å². The second-order valence-electron chi connectivity index (χ2n) is 15.8. The normalized spacial score (nSPS) is 13.7. The van der Waals surface area contributed by atoms with Gasteiger partial charge in [0.25, 0.3) is 0 Å². The summed E-state index contributed by atoms with van der Waals surface area (Å²) in [4.78, 5) is 107. The molecular weight excluding hydrogens is 833 g/mol. The lowest BCUT2D eigenvalue weighted by Crippen LogP contribution is -2.64. The van der Waals surface area contributed by atoms with Crippen molar-refractivity contribution in [1.29, 1.82) is 0 Å². The SMILES string of the molecule is CCCCN(C(=O)CCCCCCCN1C(=O)N(CCCCCCCC(=O)N(CCC[Si](OCC)(OCC)OCC)C(CC(C)=O)C(C)=O)C1=O)C(CC(=O)OCC)C(=O)OCC. The number of urea groups is 2. The van der Waals surface area contributed by atoms with Crippen molar-refractivity contribution in [3.63, 3.8) is 0 Å². The summed E-state index contributed by atoms with van der Waals surface area (Å²) in [7, 11) is -2.95. The van der Waals surface area contributed by atoms with Crippen molar-refractivity contribution < 1.29 is 61.1 Å². The van der Waals surface area contributed by atoms with Gasteiger partial charge in [0.05, 0.1) is 25.7 Å². The molecule has 0 aromatic heterocycles. The Bertz CT molecular complexity index is 1400. The number of carbonyl (C=O) groups excluding carboxylic acids is 8. The van der Waals surface area contributed by atoms with Crippen molar-refractivity contribution in [3.8, 4) is 0 Å². The Labute approximate surface area is 377 Å². The highest BCUT2D eigenvalue weighted by molar-refractivity contribution is 6.60. The molecule has 18 heteroatoms. The fourth-order valence-corrected chi connectivity index (χ4v) is 10.2. The summed E-state index contributed by atoms with van der Waals surface area (Å²) < 4.78 is 28.1. The van der Waals surface area contributed by atoms with Gasteiger partial charge in [0.1, 0.15) is 11.8 Å². The van der Waals surface area contributed by atoms with Gasteiger partial charge in [-0.05, 0) is 87.0 Å². The van der Waals surface area contributed by atoms with Crippen molar-refractivity contribution in [2.75, 3.05) is 59.2 Å². The predicted octanol–water partition coefficient (Wildman–Crippen LogP) is 7.24. The second-order valence-corrected chi connectivity index (χ2v) is 18.6. The lowest BCUT2D eigenvalue weighted by molar-refractivity contribution is -0.160. The number of rotatable bonds is 39. The van der Waals surface area contributed by atoms with Gasteiger partial charge in [-0.2, -0.15) is 0 Å². The van der Waals surface area contributed by atoms with Crippen LogP contribution in [0.2, 0.25) is 6.04 Å². The van der Waals surface area contributed by atoms with E-state index in [9.17, 15) is 38.4 Å². The average Bonchev–Trinajstić information content (AvgIpc) is 3.23. The van der Waals surface area contributed by atoms with Gasteiger partial charge in [0.2, 0.25) is 11.8 Å². The predicted molar refractivity (Wildman–Crippen MR) is 239 cm³/mol. The van der Waals surface area contributed by atoms with Crippen LogP contribution in [0.15, 0.2) is 0 Å². The van der Waals surface area contributed by atoms with E-state index < -0.39 is 32.8 Å². The number of Topliss-reactive ketones (excluding diaryl/α,β-unsaturated/α-hetero) is 2. The number of ether oxygens (including phenoxy) is 2. The monoisotopic (exact) mass is 913 g/mol. The van der Waals surface area contributed by atoms with E-state index in [1.165, 1.54) is 33.4 Å². The molecule has 362 valence electrons. The van der Waals surface area contributed by atoms with Crippen LogP contribution in [0.25, 0.3) is 0 Å². The highest BCUT2D eigenvalue weighted by Crippen LogP contribution is 2.23. The summed E-state index contributed by atoms with van der Waals surface area (Å²) in [6.07, 6.45) is 9.37. The average molecular weight is 913 g/mol. The first-order valence-electron chi connectivity index (χ1n) is 23.6. The summed E-state index contributed by atoms with van der Waals surface area (Å²) in [5.74, 6) is -1.96. The Morgan fingerprint density at radius 1 is 0.540 bits per heavy atom. The van der Waals surface area contributed by atoms with Crippen LogP contribution in [0.3, 0.4) is 0 Å². The first-order valence-corrected chi connectivity index (χ1v) is 25.6. The Balaban J connectivity index is 2.49. The van der Waals surface area contributed by atoms with Gasteiger partial charge in [-0.15, -0.1) is 0 Å². The zero-order valence-electron chi connectivity index (χ0n) is 39.8. The van der Waals surface area contributed by atoms with E-state index in [4.69, 9.17) is 22.8 Å². The molecule has 0 bridgehead atoms. The van der Waals surface area contributed by atoms with Gasteiger partial charge < -0.3 is 32.6 Å². The zero-order valence-corrected chi connectivity index (χ0v) is 40.8. The summed E-state index contributed by atoms with van der Waals surface area (Å²) in [6.45, 7) is 16.7. The number of hydrogen-bond donors (Lipinski definition) is 0. The minimum atomic E-state index is -2.95. The van der Waals surface area contributed by atoms with E-state index in [2.05, 4.69) is 0 Å². The molecule has 6 amide bonds. The van der Waals surface area contributed by atoms with Crippen LogP contribution in [0.1, 0.15) is 165 Å². The highest BCUT2D eigenvalue weighted by atomic mass is 28.4. The van der Waals surface area contributed by atoms with Crippen LogP contribution in [0.4, 0.5) is 9.59 Å². The van der Waals surface area contributed by atoms with E-state index in [0.29, 0.717) is 84.0 Å². The van der Waals surface area contributed by atoms with Gasteiger partial charge in [-0.25, -0.2) is 24.2 Å². The first-order chi connectivity index (χ1) is 30.2. The zero-order chi connectivity index (χ0) is 47.2. The van der Waals surface area contributed by atoms with Crippen molar-refractivity contribution in [1.82, 2.24) is 19.6 Å². The van der Waals surface area contributed by atoms with Crippen molar-refractivity contribution >= 4 is 56.2 Å². The molecule has 2 unspecified atom stereocenters. The van der Waals surface area contributed by atoms with E-state index >= 15 is 0 Å². The second kappa shape index (κ2) is 32.8. The van der Waals surface area contributed by atoms with Gasteiger partial charge in [0.15, 0.2) is 5.78 Å². The molecule has 0 aromatic carbocycles. The number of nitrogens with zero attached hydrogens (tertiary/aromatic N) is 4. The summed E-state index contributed by atoms with van der Waals surface area (Å²) in [6, 6.07) is -1.97. The molecule has 1 aliphatic rings. The smallest absolute Gasteiger partial charge is 0.466 e. The number of esters is 2. The third kappa shape index (κ3) is 21.2. The van der Waals surface area contributed by atoms with E-state index in [1.54, 1.807) is 13.8 Å². The molecule has 0 spiro atoms. The number of imide groups is 2. The van der Waals surface area contributed by atoms with Crippen LogP contribution >= 0.6 is 0 Å². The number of hydrogen-bond acceptors (Lipinski definition) is 13. The standard InChI is InChI=1S/C45H80N4O13Si/c1-9-15-29-47(39(43(55)59-11-3)35-42(54)58-10-2)41(53)28-23-19-17-21-25-31-49-44(56)48(45(49)57)30-24-20-16-18-22-27-40(52)46(38(37(8)51)34-36(7)50)32-26-33-63(60-12-4,61-13-5)62-14-6/h38-39H,9-35H2,1-8H3. The van der Waals surface area contributed by atoms with Crippen LogP contribution < -0.4 is 0 Å². The Hall–Kier alpha value is -3.74. The third-order valence-electron chi connectivity index (χ3n) is 10.8. The van der Waals surface area contributed by atoms with Gasteiger partial charge >= 0.3 is 32.8 Å². The lowest BCUT2D eigenvalue weighted by Gasteiger charge is -2.39. The molecule has 1 saturated heterocycles. The van der Waals surface area contributed by atoms with Crippen molar-refractivity contribution in [2.45, 2.75) is 183 Å². The molecule has 0 aliphatic carbocycles. The molecule has 1 fully saturated rings. The number of ketones is 2. The maximum Gasteiger partial charge on any atom is 0.500 e. The molecule has 0 saturated carbocycles. The van der Waals surface area contributed by atoms with Crippen LogP contribution in [0.5, 0.6) is 0 Å².